The lowest BCUT2D eigenvalue weighted by atomic mass is 9.55. The largest absolute Gasteiger partial charge is 0.462 e. The van der Waals surface area contributed by atoms with E-state index in [9.17, 15) is 9.59 Å². The normalized spacial score (nSPS) is 36.7. The summed E-state index contributed by atoms with van der Waals surface area (Å²) in [5.74, 6) is 2.83. The monoisotopic (exact) mass is 474 g/mol. The van der Waals surface area contributed by atoms with Crippen LogP contribution in [0.15, 0.2) is 0 Å². The number of rotatable bonds is 12. The second-order valence-corrected chi connectivity index (χ2v) is 12.4. The van der Waals surface area contributed by atoms with Crippen LogP contribution < -0.4 is 0 Å². The molecule has 1 atom stereocenters. The zero-order valence-electron chi connectivity index (χ0n) is 21.8. The molecule has 0 N–H and O–H groups in total. The Kier molecular flexibility index (Phi) is 9.91. The number of esters is 1. The van der Waals surface area contributed by atoms with E-state index in [2.05, 4.69) is 0 Å². The van der Waals surface area contributed by atoms with Gasteiger partial charge in [-0.25, -0.2) is 0 Å². The standard InChI is InChI=1S/C30H50O4/c1-2-4-29(32)34-28-13-11-27(12-14-28)33-22-25-9-7-23(8-10-25)5-3-6-26(21-31)30-18-15-24(16-19-30)17-20-30/h21,23-28H,2-20,22H2,1H3. The summed E-state index contributed by atoms with van der Waals surface area (Å²) in [6.07, 6.45) is 24.2. The molecule has 5 rings (SSSR count). The van der Waals surface area contributed by atoms with Crippen molar-refractivity contribution in [2.45, 2.75) is 141 Å². The van der Waals surface area contributed by atoms with Crippen molar-refractivity contribution in [3.8, 4) is 0 Å². The Hall–Kier alpha value is -0.900. The Morgan fingerprint density at radius 2 is 1.50 bits per heavy atom. The van der Waals surface area contributed by atoms with Gasteiger partial charge in [0.15, 0.2) is 0 Å². The predicted octanol–water partition coefficient (Wildman–Crippen LogP) is 7.42. The molecule has 5 aliphatic rings. The molecule has 0 amide bonds. The molecule has 0 aromatic heterocycles. The van der Waals surface area contributed by atoms with Gasteiger partial charge in [0.2, 0.25) is 0 Å². The van der Waals surface area contributed by atoms with Crippen LogP contribution in [0.4, 0.5) is 0 Å². The van der Waals surface area contributed by atoms with E-state index in [1.807, 2.05) is 6.92 Å². The van der Waals surface area contributed by atoms with E-state index in [0.717, 1.165) is 62.9 Å². The molecule has 0 aliphatic heterocycles. The van der Waals surface area contributed by atoms with Crippen LogP contribution in [0.2, 0.25) is 0 Å². The second-order valence-electron chi connectivity index (χ2n) is 12.4. The van der Waals surface area contributed by atoms with Gasteiger partial charge in [0.05, 0.1) is 6.10 Å². The van der Waals surface area contributed by atoms with Gasteiger partial charge in [-0.3, -0.25) is 4.79 Å². The molecule has 194 valence electrons. The summed E-state index contributed by atoms with van der Waals surface area (Å²) in [5.41, 5.74) is 0.377. The maximum Gasteiger partial charge on any atom is 0.306 e. The minimum atomic E-state index is -0.0360. The highest BCUT2D eigenvalue weighted by atomic mass is 16.5. The van der Waals surface area contributed by atoms with E-state index in [1.165, 1.54) is 83.3 Å². The third-order valence-corrected chi connectivity index (χ3v) is 10.1. The van der Waals surface area contributed by atoms with E-state index in [4.69, 9.17) is 9.47 Å². The van der Waals surface area contributed by atoms with E-state index >= 15 is 0 Å². The van der Waals surface area contributed by atoms with Gasteiger partial charge in [-0.1, -0.05) is 32.6 Å². The molecule has 5 saturated carbocycles. The van der Waals surface area contributed by atoms with Crippen molar-refractivity contribution in [1.29, 1.82) is 0 Å². The minimum Gasteiger partial charge on any atom is -0.462 e. The highest BCUT2D eigenvalue weighted by Gasteiger charge is 2.45. The molecule has 0 heterocycles. The first-order chi connectivity index (χ1) is 16.6. The molecular weight excluding hydrogens is 424 g/mol. The fourth-order valence-electron chi connectivity index (χ4n) is 7.71. The van der Waals surface area contributed by atoms with Crippen LogP contribution in [0.25, 0.3) is 0 Å². The van der Waals surface area contributed by atoms with E-state index < -0.39 is 0 Å². The first kappa shape index (κ1) is 26.2. The van der Waals surface area contributed by atoms with Crippen molar-refractivity contribution in [2.75, 3.05) is 6.61 Å². The van der Waals surface area contributed by atoms with Gasteiger partial charge >= 0.3 is 5.97 Å². The van der Waals surface area contributed by atoms with E-state index in [0.29, 0.717) is 23.9 Å². The van der Waals surface area contributed by atoms with Crippen molar-refractivity contribution in [2.24, 2.45) is 29.1 Å². The maximum absolute atomic E-state index is 12.0. The lowest BCUT2D eigenvalue weighted by Crippen LogP contribution is -2.40. The highest BCUT2D eigenvalue weighted by Crippen LogP contribution is 2.55. The molecule has 0 aromatic carbocycles. The Labute approximate surface area is 208 Å². The van der Waals surface area contributed by atoms with Crippen molar-refractivity contribution in [3.63, 3.8) is 0 Å². The summed E-state index contributed by atoms with van der Waals surface area (Å²) < 4.78 is 11.9. The van der Waals surface area contributed by atoms with E-state index in [1.54, 1.807) is 0 Å². The number of fused-ring (bicyclic) bond motifs is 3. The average Bonchev–Trinajstić information content (AvgIpc) is 2.88. The highest BCUT2D eigenvalue weighted by molar-refractivity contribution is 5.69. The van der Waals surface area contributed by atoms with Crippen LogP contribution in [0.1, 0.15) is 129 Å². The number of aldehydes is 1. The number of carbonyl (C=O) groups is 2. The number of hydrogen-bond donors (Lipinski definition) is 0. The SMILES string of the molecule is CCCC(=O)OC1CCC(OCC2CCC(CCCC(C=O)C34CCC(CC3)CC4)CC2)CC1. The molecule has 0 spiro atoms. The van der Waals surface area contributed by atoms with E-state index in [-0.39, 0.29) is 12.1 Å². The van der Waals surface area contributed by atoms with Crippen LogP contribution in [0, 0.1) is 29.1 Å². The summed E-state index contributed by atoms with van der Waals surface area (Å²) in [7, 11) is 0. The molecule has 1 unspecified atom stereocenters. The van der Waals surface area contributed by atoms with Gasteiger partial charge in [-0.2, -0.15) is 0 Å². The number of carbonyl (C=O) groups excluding carboxylic acids is 2. The molecule has 5 aliphatic carbocycles. The zero-order chi connectivity index (χ0) is 23.8. The summed E-state index contributed by atoms with van der Waals surface area (Å²) in [6, 6.07) is 0. The van der Waals surface area contributed by atoms with Crippen LogP contribution in [0.3, 0.4) is 0 Å². The summed E-state index contributed by atoms with van der Waals surface area (Å²) >= 11 is 0. The quantitative estimate of drug-likeness (QED) is 0.218. The lowest BCUT2D eigenvalue weighted by molar-refractivity contribution is -0.152. The summed E-state index contributed by atoms with van der Waals surface area (Å²) in [5, 5.41) is 0. The molecule has 4 nitrogen and oxygen atoms in total. The summed E-state index contributed by atoms with van der Waals surface area (Å²) in [6.45, 7) is 2.93. The van der Waals surface area contributed by atoms with Crippen LogP contribution >= 0.6 is 0 Å². The molecular formula is C30H50O4. The van der Waals surface area contributed by atoms with Crippen molar-refractivity contribution < 1.29 is 19.1 Å². The second kappa shape index (κ2) is 12.9. The van der Waals surface area contributed by atoms with Gasteiger partial charge in [-0.15, -0.1) is 0 Å². The predicted molar refractivity (Wildman–Crippen MR) is 135 cm³/mol. The Morgan fingerprint density at radius 1 is 0.882 bits per heavy atom. The third-order valence-electron chi connectivity index (χ3n) is 10.1. The average molecular weight is 475 g/mol. The molecule has 4 heteroatoms. The lowest BCUT2D eigenvalue weighted by Gasteiger charge is -2.49. The van der Waals surface area contributed by atoms with Gasteiger partial charge in [0.1, 0.15) is 12.4 Å². The molecule has 5 fully saturated rings. The topological polar surface area (TPSA) is 52.6 Å². The van der Waals surface area contributed by atoms with Gasteiger partial charge in [0, 0.05) is 18.9 Å². The third kappa shape index (κ3) is 7.08. The number of hydrogen-bond acceptors (Lipinski definition) is 4. The summed E-state index contributed by atoms with van der Waals surface area (Å²) in [4.78, 5) is 23.7. The van der Waals surface area contributed by atoms with Crippen molar-refractivity contribution in [3.05, 3.63) is 0 Å². The molecule has 2 bridgehead atoms. The zero-order valence-corrected chi connectivity index (χ0v) is 21.8. The van der Waals surface area contributed by atoms with Crippen LogP contribution in [-0.4, -0.2) is 31.1 Å². The first-order valence-corrected chi connectivity index (χ1v) is 14.9. The minimum absolute atomic E-state index is 0.0360. The smallest absolute Gasteiger partial charge is 0.306 e. The molecule has 34 heavy (non-hydrogen) atoms. The Bertz CT molecular complexity index is 608. The van der Waals surface area contributed by atoms with Crippen LogP contribution in [-0.2, 0) is 19.1 Å². The van der Waals surface area contributed by atoms with Gasteiger partial charge < -0.3 is 14.3 Å². The Balaban J connectivity index is 1.06. The fraction of sp³-hybridized carbons (Fsp3) is 0.933. The number of ether oxygens (including phenoxy) is 2. The van der Waals surface area contributed by atoms with Crippen LogP contribution in [0.5, 0.6) is 0 Å². The fourth-order valence-corrected chi connectivity index (χ4v) is 7.71. The molecule has 0 saturated heterocycles. The Morgan fingerprint density at radius 3 is 2.12 bits per heavy atom. The van der Waals surface area contributed by atoms with Crippen molar-refractivity contribution in [1.82, 2.24) is 0 Å². The van der Waals surface area contributed by atoms with Crippen molar-refractivity contribution >= 4 is 12.3 Å². The maximum atomic E-state index is 12.0. The van der Waals surface area contributed by atoms with Gasteiger partial charge in [-0.05, 0) is 113 Å². The van der Waals surface area contributed by atoms with Gasteiger partial charge in [0.25, 0.3) is 0 Å². The first-order valence-electron chi connectivity index (χ1n) is 14.9. The molecule has 0 radical (unpaired) electrons. The molecule has 0 aromatic rings.